The van der Waals surface area contributed by atoms with Crippen LogP contribution in [-0.2, 0) is 9.53 Å². The first-order valence-electron chi connectivity index (χ1n) is 5.17. The molecular weight excluding hydrogens is 180 g/mol. The molecule has 1 fully saturated rings. The Hall–Kier alpha value is -0.570. The maximum atomic E-state index is 10.7. The lowest BCUT2D eigenvalue weighted by Gasteiger charge is -2.46. The van der Waals surface area contributed by atoms with Crippen molar-refractivity contribution in [2.24, 2.45) is 5.92 Å². The first kappa shape index (κ1) is 11.5. The molecule has 3 nitrogen and oxygen atoms in total. The van der Waals surface area contributed by atoms with Crippen LogP contribution in [-0.4, -0.2) is 22.3 Å². The van der Waals surface area contributed by atoms with Crippen molar-refractivity contribution < 1.29 is 14.6 Å². The molecule has 0 bridgehead atoms. The first-order valence-corrected chi connectivity index (χ1v) is 5.17. The molecule has 0 saturated carbocycles. The summed E-state index contributed by atoms with van der Waals surface area (Å²) in [5.41, 5.74) is -0.690. The first-order chi connectivity index (χ1) is 6.25. The fraction of sp³-hybridized carbons (Fsp3) is 0.909. The molecule has 0 aliphatic carbocycles. The van der Waals surface area contributed by atoms with E-state index in [1.165, 1.54) is 0 Å². The summed E-state index contributed by atoms with van der Waals surface area (Å²) in [7, 11) is 0. The van der Waals surface area contributed by atoms with Crippen LogP contribution in [0, 0.1) is 5.92 Å². The van der Waals surface area contributed by atoms with E-state index in [1.54, 1.807) is 0 Å². The van der Waals surface area contributed by atoms with Gasteiger partial charge in [0, 0.05) is 0 Å². The highest BCUT2D eigenvalue weighted by Gasteiger charge is 2.42. The zero-order valence-electron chi connectivity index (χ0n) is 9.46. The van der Waals surface area contributed by atoms with Gasteiger partial charge in [-0.15, -0.1) is 0 Å². The van der Waals surface area contributed by atoms with Crippen LogP contribution in [0.4, 0.5) is 0 Å². The van der Waals surface area contributed by atoms with E-state index in [1.807, 2.05) is 20.8 Å². The molecule has 2 unspecified atom stereocenters. The summed E-state index contributed by atoms with van der Waals surface area (Å²) in [6.45, 7) is 8.13. The number of carbonyl (C=O) groups is 1. The number of rotatable bonds is 2. The molecule has 1 heterocycles. The largest absolute Gasteiger partial charge is 0.481 e. The Kier molecular flexibility index (Phi) is 2.91. The van der Waals surface area contributed by atoms with Gasteiger partial charge < -0.3 is 9.84 Å². The number of carboxylic acids is 1. The van der Waals surface area contributed by atoms with Gasteiger partial charge in [-0.25, -0.2) is 0 Å². The van der Waals surface area contributed by atoms with Crippen molar-refractivity contribution in [2.75, 3.05) is 0 Å². The lowest BCUT2D eigenvalue weighted by Crippen LogP contribution is -2.49. The molecular formula is C11H20O3. The molecule has 3 heteroatoms. The second-order valence-corrected chi connectivity index (χ2v) is 5.17. The molecule has 1 aliphatic heterocycles. The lowest BCUT2D eigenvalue weighted by atomic mass is 9.79. The van der Waals surface area contributed by atoms with Crippen molar-refractivity contribution in [2.45, 2.75) is 58.2 Å². The van der Waals surface area contributed by atoms with E-state index in [-0.39, 0.29) is 12.0 Å². The summed E-state index contributed by atoms with van der Waals surface area (Å²) in [4.78, 5) is 10.7. The Morgan fingerprint density at radius 3 is 2.50 bits per heavy atom. The smallest absolute Gasteiger partial charge is 0.306 e. The van der Waals surface area contributed by atoms with Crippen LogP contribution in [0.5, 0.6) is 0 Å². The van der Waals surface area contributed by atoms with E-state index in [2.05, 4.69) is 6.92 Å². The van der Waals surface area contributed by atoms with Gasteiger partial charge in [0.1, 0.15) is 0 Å². The minimum atomic E-state index is -0.780. The normalized spacial score (nSPS) is 36.7. The average molecular weight is 200 g/mol. The van der Waals surface area contributed by atoms with Crippen molar-refractivity contribution in [3.63, 3.8) is 0 Å². The summed E-state index contributed by atoms with van der Waals surface area (Å²) < 4.78 is 5.90. The molecule has 2 atom stereocenters. The van der Waals surface area contributed by atoms with Crippen molar-refractivity contribution in [3.05, 3.63) is 0 Å². The summed E-state index contributed by atoms with van der Waals surface area (Å²) in [6, 6.07) is 0. The monoisotopic (exact) mass is 200 g/mol. The van der Waals surface area contributed by atoms with E-state index < -0.39 is 11.6 Å². The number of ether oxygens (including phenoxy) is 1. The van der Waals surface area contributed by atoms with Gasteiger partial charge in [-0.2, -0.15) is 0 Å². The SMILES string of the molecule is CC1CCC(C)(CC(=O)O)OC1(C)C. The van der Waals surface area contributed by atoms with Gasteiger partial charge >= 0.3 is 5.97 Å². The van der Waals surface area contributed by atoms with Crippen LogP contribution >= 0.6 is 0 Å². The van der Waals surface area contributed by atoms with Crippen LogP contribution in [0.15, 0.2) is 0 Å². The quantitative estimate of drug-likeness (QED) is 0.744. The topological polar surface area (TPSA) is 46.5 Å². The molecule has 0 radical (unpaired) electrons. The Labute approximate surface area is 85.5 Å². The zero-order chi connectivity index (χ0) is 11.0. The van der Waals surface area contributed by atoms with Crippen molar-refractivity contribution in [3.8, 4) is 0 Å². The van der Waals surface area contributed by atoms with Gasteiger partial charge in [-0.3, -0.25) is 4.79 Å². The van der Waals surface area contributed by atoms with E-state index in [9.17, 15) is 4.79 Å². The molecule has 1 saturated heterocycles. The number of carboxylic acid groups (broad SMARTS) is 1. The third kappa shape index (κ3) is 2.47. The summed E-state index contributed by atoms with van der Waals surface area (Å²) >= 11 is 0. The standard InChI is InChI=1S/C11H20O3/c1-8-5-6-11(4,7-9(12)13)14-10(8,2)3/h8H,5-7H2,1-4H3,(H,12,13). The Morgan fingerprint density at radius 1 is 1.50 bits per heavy atom. The summed E-state index contributed by atoms with van der Waals surface area (Å²) in [5.74, 6) is -0.290. The van der Waals surface area contributed by atoms with E-state index in [0.29, 0.717) is 5.92 Å². The molecule has 0 amide bonds. The van der Waals surface area contributed by atoms with E-state index in [4.69, 9.17) is 9.84 Å². The highest BCUT2D eigenvalue weighted by Crippen LogP contribution is 2.40. The van der Waals surface area contributed by atoms with Crippen LogP contribution in [0.25, 0.3) is 0 Å². The predicted molar refractivity (Wildman–Crippen MR) is 54.2 cm³/mol. The van der Waals surface area contributed by atoms with Gasteiger partial charge in [-0.1, -0.05) is 6.92 Å². The third-order valence-electron chi connectivity index (χ3n) is 3.33. The average Bonchev–Trinajstić information content (AvgIpc) is 1.95. The predicted octanol–water partition coefficient (Wildman–Crippen LogP) is 2.44. The maximum absolute atomic E-state index is 10.7. The molecule has 0 aromatic carbocycles. The van der Waals surface area contributed by atoms with Gasteiger partial charge in [0.25, 0.3) is 0 Å². The van der Waals surface area contributed by atoms with Gasteiger partial charge in [0.05, 0.1) is 17.6 Å². The second kappa shape index (κ2) is 3.54. The molecule has 82 valence electrons. The third-order valence-corrected chi connectivity index (χ3v) is 3.33. The molecule has 0 aromatic rings. The van der Waals surface area contributed by atoms with Crippen molar-refractivity contribution in [1.82, 2.24) is 0 Å². The minimum Gasteiger partial charge on any atom is -0.481 e. The number of hydrogen-bond donors (Lipinski definition) is 1. The minimum absolute atomic E-state index is 0.100. The Bertz CT molecular complexity index is 235. The van der Waals surface area contributed by atoms with Gasteiger partial charge in [0.2, 0.25) is 0 Å². The molecule has 0 aromatic heterocycles. The highest BCUT2D eigenvalue weighted by molar-refractivity contribution is 5.68. The Balaban J connectivity index is 2.70. The van der Waals surface area contributed by atoms with E-state index in [0.717, 1.165) is 12.8 Å². The fourth-order valence-corrected chi connectivity index (χ4v) is 2.10. The Morgan fingerprint density at radius 2 is 2.07 bits per heavy atom. The second-order valence-electron chi connectivity index (χ2n) is 5.17. The fourth-order valence-electron chi connectivity index (χ4n) is 2.10. The zero-order valence-corrected chi connectivity index (χ0v) is 9.46. The maximum Gasteiger partial charge on any atom is 0.306 e. The number of hydrogen-bond acceptors (Lipinski definition) is 2. The molecule has 14 heavy (non-hydrogen) atoms. The van der Waals surface area contributed by atoms with Crippen LogP contribution in [0.3, 0.4) is 0 Å². The molecule has 1 aliphatic rings. The van der Waals surface area contributed by atoms with Crippen molar-refractivity contribution in [1.29, 1.82) is 0 Å². The van der Waals surface area contributed by atoms with Crippen molar-refractivity contribution >= 4 is 5.97 Å². The van der Waals surface area contributed by atoms with Gasteiger partial charge in [0.15, 0.2) is 0 Å². The van der Waals surface area contributed by atoms with Crippen LogP contribution in [0.1, 0.15) is 47.0 Å². The van der Waals surface area contributed by atoms with E-state index >= 15 is 0 Å². The van der Waals surface area contributed by atoms with Crippen LogP contribution in [0.2, 0.25) is 0 Å². The highest BCUT2D eigenvalue weighted by atomic mass is 16.5. The van der Waals surface area contributed by atoms with Gasteiger partial charge in [-0.05, 0) is 39.5 Å². The molecule has 1 rings (SSSR count). The molecule has 1 N–H and O–H groups in total. The van der Waals surface area contributed by atoms with Crippen LogP contribution < -0.4 is 0 Å². The summed E-state index contributed by atoms with van der Waals surface area (Å²) in [6.07, 6.45) is 1.98. The summed E-state index contributed by atoms with van der Waals surface area (Å²) in [5, 5.41) is 8.79. The molecule has 0 spiro atoms. The lowest BCUT2D eigenvalue weighted by molar-refractivity contribution is -0.197. The number of aliphatic carboxylic acids is 1.